The summed E-state index contributed by atoms with van der Waals surface area (Å²) in [5.41, 5.74) is 2.96. The fourth-order valence-electron chi connectivity index (χ4n) is 2.70. The van der Waals surface area contributed by atoms with Crippen molar-refractivity contribution in [1.82, 2.24) is 5.32 Å². The average Bonchev–Trinajstić information content (AvgIpc) is 2.37. The van der Waals surface area contributed by atoms with Gasteiger partial charge in [0.1, 0.15) is 0 Å². The van der Waals surface area contributed by atoms with E-state index < -0.39 is 10.8 Å². The van der Waals surface area contributed by atoms with Gasteiger partial charge in [-0.3, -0.25) is 4.21 Å². The maximum atomic E-state index is 11.1. The van der Waals surface area contributed by atoms with Crippen molar-refractivity contribution in [3.63, 3.8) is 0 Å². The Balaban J connectivity index is 1.96. The van der Waals surface area contributed by atoms with Gasteiger partial charge in [-0.1, -0.05) is 24.3 Å². The van der Waals surface area contributed by atoms with Crippen LogP contribution in [0.5, 0.6) is 0 Å². The predicted octanol–water partition coefficient (Wildman–Crippen LogP) is 2.81. The number of fused-ring (bicyclic) bond motifs is 1. The van der Waals surface area contributed by atoms with Gasteiger partial charge in [0.2, 0.25) is 0 Å². The fraction of sp³-hybridized carbons (Fsp3) is 0.600. The summed E-state index contributed by atoms with van der Waals surface area (Å²) in [5.74, 6) is 0.794. The highest BCUT2D eigenvalue weighted by atomic mass is 32.2. The number of rotatable bonds is 5. The lowest BCUT2D eigenvalue weighted by Gasteiger charge is -2.29. The van der Waals surface area contributed by atoms with Gasteiger partial charge in [0.05, 0.1) is 0 Å². The van der Waals surface area contributed by atoms with Crippen molar-refractivity contribution in [2.45, 2.75) is 44.7 Å². The van der Waals surface area contributed by atoms with E-state index in [2.05, 4.69) is 36.5 Å². The molecule has 3 heteroatoms. The molecular weight excluding hydrogens is 242 g/mol. The minimum atomic E-state index is -0.678. The monoisotopic (exact) mass is 265 g/mol. The van der Waals surface area contributed by atoms with E-state index in [0.717, 1.165) is 12.2 Å². The van der Waals surface area contributed by atoms with Gasteiger partial charge < -0.3 is 5.32 Å². The Morgan fingerprint density at radius 3 is 3.00 bits per heavy atom. The van der Waals surface area contributed by atoms with Crippen LogP contribution in [0, 0.1) is 0 Å². The first-order chi connectivity index (χ1) is 8.66. The van der Waals surface area contributed by atoms with Crippen LogP contribution in [0.2, 0.25) is 0 Å². The molecule has 1 aliphatic rings. The maximum Gasteiger partial charge on any atom is 0.0325 e. The number of benzene rings is 1. The number of aryl methyl sites for hydroxylation is 1. The Bertz CT molecular complexity index is 419. The summed E-state index contributed by atoms with van der Waals surface area (Å²) in [6, 6.07) is 9.67. The van der Waals surface area contributed by atoms with Crippen LogP contribution in [0.15, 0.2) is 24.3 Å². The van der Waals surface area contributed by atoms with Gasteiger partial charge in [-0.15, -0.1) is 0 Å². The molecule has 0 spiro atoms. The largest absolute Gasteiger partial charge is 0.307 e. The minimum absolute atomic E-state index is 0.435. The number of hydrogen-bond donors (Lipinski definition) is 1. The lowest BCUT2D eigenvalue weighted by atomic mass is 9.87. The molecule has 0 bridgehead atoms. The van der Waals surface area contributed by atoms with E-state index in [1.54, 1.807) is 6.26 Å². The van der Waals surface area contributed by atoms with Crippen molar-refractivity contribution in [1.29, 1.82) is 0 Å². The molecule has 3 atom stereocenters. The summed E-state index contributed by atoms with van der Waals surface area (Å²) in [4.78, 5) is 0. The van der Waals surface area contributed by atoms with Crippen molar-refractivity contribution in [3.05, 3.63) is 35.4 Å². The predicted molar refractivity (Wildman–Crippen MR) is 78.3 cm³/mol. The van der Waals surface area contributed by atoms with Gasteiger partial charge in [0, 0.05) is 34.9 Å². The lowest BCUT2D eigenvalue weighted by molar-refractivity contribution is 0.403. The highest BCUT2D eigenvalue weighted by molar-refractivity contribution is 7.84. The molecule has 0 fully saturated rings. The molecule has 2 nitrogen and oxygen atoms in total. The van der Waals surface area contributed by atoms with Crippen LogP contribution in [0.3, 0.4) is 0 Å². The molecule has 0 aromatic heterocycles. The van der Waals surface area contributed by atoms with Gasteiger partial charge in [-0.05, 0) is 43.7 Å². The summed E-state index contributed by atoms with van der Waals surface area (Å²) >= 11 is 0. The zero-order chi connectivity index (χ0) is 13.0. The quantitative estimate of drug-likeness (QED) is 0.887. The van der Waals surface area contributed by atoms with E-state index in [1.165, 1.54) is 30.4 Å². The van der Waals surface area contributed by atoms with Crippen molar-refractivity contribution in [2.75, 3.05) is 12.0 Å². The molecule has 3 unspecified atom stereocenters. The second-order valence-corrected chi connectivity index (χ2v) is 6.83. The first kappa shape index (κ1) is 13.8. The SMILES string of the molecule is CC(CCS(C)=O)NC1CCCc2ccccc21. The Morgan fingerprint density at radius 2 is 2.22 bits per heavy atom. The summed E-state index contributed by atoms with van der Waals surface area (Å²) in [7, 11) is -0.678. The van der Waals surface area contributed by atoms with Crippen molar-refractivity contribution >= 4 is 10.8 Å². The molecule has 0 heterocycles. The van der Waals surface area contributed by atoms with Gasteiger partial charge >= 0.3 is 0 Å². The second kappa shape index (κ2) is 6.48. The van der Waals surface area contributed by atoms with Gasteiger partial charge in [-0.2, -0.15) is 0 Å². The first-order valence-electron chi connectivity index (χ1n) is 6.80. The van der Waals surface area contributed by atoms with Gasteiger partial charge in [0.15, 0.2) is 0 Å². The van der Waals surface area contributed by atoms with Gasteiger partial charge in [0.25, 0.3) is 0 Å². The first-order valence-corrected chi connectivity index (χ1v) is 8.53. The van der Waals surface area contributed by atoms with E-state index in [4.69, 9.17) is 0 Å². The van der Waals surface area contributed by atoms with E-state index in [0.29, 0.717) is 12.1 Å². The Morgan fingerprint density at radius 1 is 1.44 bits per heavy atom. The van der Waals surface area contributed by atoms with E-state index in [-0.39, 0.29) is 0 Å². The molecule has 100 valence electrons. The van der Waals surface area contributed by atoms with Crippen LogP contribution in [0.1, 0.15) is 43.4 Å². The van der Waals surface area contributed by atoms with Crippen LogP contribution < -0.4 is 5.32 Å². The molecule has 0 amide bonds. The van der Waals surface area contributed by atoms with Crippen molar-refractivity contribution < 1.29 is 4.21 Å². The molecule has 1 aromatic carbocycles. The van der Waals surface area contributed by atoms with E-state index in [9.17, 15) is 4.21 Å². The molecule has 1 aromatic rings. The second-order valence-electron chi connectivity index (χ2n) is 5.28. The number of hydrogen-bond acceptors (Lipinski definition) is 2. The molecule has 1 N–H and O–H groups in total. The standard InChI is InChI=1S/C15H23NOS/c1-12(10-11-18(2)17)16-15-9-5-7-13-6-3-4-8-14(13)15/h3-4,6,8,12,15-16H,5,7,9-11H2,1-2H3. The lowest BCUT2D eigenvalue weighted by Crippen LogP contribution is -2.33. The highest BCUT2D eigenvalue weighted by Crippen LogP contribution is 2.29. The Labute approximate surface area is 113 Å². The van der Waals surface area contributed by atoms with Gasteiger partial charge in [-0.25, -0.2) is 0 Å². The third kappa shape index (κ3) is 3.66. The Hall–Kier alpha value is -0.670. The molecule has 0 saturated heterocycles. The van der Waals surface area contributed by atoms with E-state index in [1.807, 2.05) is 0 Å². The van der Waals surface area contributed by atoms with Crippen molar-refractivity contribution in [2.24, 2.45) is 0 Å². The third-order valence-corrected chi connectivity index (χ3v) is 4.50. The fourth-order valence-corrected chi connectivity index (χ4v) is 3.38. The molecule has 0 saturated carbocycles. The number of nitrogens with one attached hydrogen (secondary N) is 1. The third-order valence-electron chi connectivity index (χ3n) is 3.69. The molecule has 0 radical (unpaired) electrons. The topological polar surface area (TPSA) is 29.1 Å². The van der Waals surface area contributed by atoms with Crippen LogP contribution >= 0.6 is 0 Å². The van der Waals surface area contributed by atoms with Crippen LogP contribution in [0.25, 0.3) is 0 Å². The van der Waals surface area contributed by atoms with E-state index >= 15 is 0 Å². The van der Waals surface area contributed by atoms with Crippen LogP contribution in [0.4, 0.5) is 0 Å². The normalized spacial score (nSPS) is 22.2. The minimum Gasteiger partial charge on any atom is -0.307 e. The highest BCUT2D eigenvalue weighted by Gasteiger charge is 2.20. The average molecular weight is 265 g/mol. The summed E-state index contributed by atoms with van der Waals surface area (Å²) in [6.45, 7) is 2.20. The van der Waals surface area contributed by atoms with Crippen molar-refractivity contribution in [3.8, 4) is 0 Å². The maximum absolute atomic E-state index is 11.1. The zero-order valence-corrected chi connectivity index (χ0v) is 12.1. The molecule has 0 aliphatic heterocycles. The van der Waals surface area contributed by atoms with Crippen LogP contribution in [-0.2, 0) is 17.2 Å². The Kier molecular flexibility index (Phi) is 4.95. The molecule has 2 rings (SSSR count). The summed E-state index contributed by atoms with van der Waals surface area (Å²) < 4.78 is 11.1. The summed E-state index contributed by atoms with van der Waals surface area (Å²) in [6.07, 6.45) is 6.46. The molecule has 1 aliphatic carbocycles. The summed E-state index contributed by atoms with van der Waals surface area (Å²) in [5, 5.41) is 3.70. The molecular formula is C15H23NOS. The van der Waals surface area contributed by atoms with Crippen LogP contribution in [-0.4, -0.2) is 22.3 Å². The smallest absolute Gasteiger partial charge is 0.0325 e. The molecule has 18 heavy (non-hydrogen) atoms. The zero-order valence-electron chi connectivity index (χ0n) is 11.3.